The third kappa shape index (κ3) is 1.64. The maximum absolute atomic E-state index is 3.78. The van der Waals surface area contributed by atoms with Gasteiger partial charge in [-0.05, 0) is 34.1 Å². The average molecular weight is 392 g/mol. The Hall–Kier alpha value is -0.600. The van der Waals surface area contributed by atoms with Gasteiger partial charge in [0.05, 0.1) is 0 Å². The van der Waals surface area contributed by atoms with Crippen molar-refractivity contribution in [1.82, 2.24) is 0 Å². The van der Waals surface area contributed by atoms with Gasteiger partial charge in [-0.3, -0.25) is 0 Å². The molecule has 0 amide bonds. The van der Waals surface area contributed by atoms with E-state index in [1.807, 2.05) is 0 Å². The topological polar surface area (TPSA) is 0 Å². The van der Waals surface area contributed by atoms with E-state index in [1.165, 1.54) is 0 Å². The zero-order valence-corrected chi connectivity index (χ0v) is 14.3. The number of hydrogen-bond acceptors (Lipinski definition) is 0. The summed E-state index contributed by atoms with van der Waals surface area (Å²) in [5.41, 5.74) is 6.21. The van der Waals surface area contributed by atoms with Crippen LogP contribution in [0.5, 0.6) is 0 Å². The van der Waals surface area contributed by atoms with E-state index in [2.05, 4.69) is 80.4 Å². The van der Waals surface area contributed by atoms with E-state index in [0.717, 1.165) is 10.7 Å². The molecule has 102 valence electrons. The van der Waals surface area contributed by atoms with Crippen molar-refractivity contribution in [3.8, 4) is 0 Å². The van der Waals surface area contributed by atoms with E-state index < -0.39 is 0 Å². The van der Waals surface area contributed by atoms with Crippen LogP contribution >= 0.6 is 31.9 Å². The molecule has 20 heavy (non-hydrogen) atoms. The molecule has 2 bridgehead atoms. The summed E-state index contributed by atoms with van der Waals surface area (Å²) >= 11 is 7.55. The fourth-order valence-corrected chi connectivity index (χ4v) is 6.02. The van der Waals surface area contributed by atoms with Crippen LogP contribution in [-0.2, 0) is 0 Å². The number of alkyl halides is 2. The molecule has 3 aliphatic rings. The lowest BCUT2D eigenvalue weighted by molar-refractivity contribution is 0.284. The molecular weight excluding hydrogens is 376 g/mol. The first-order valence-corrected chi connectivity index (χ1v) is 9.40. The van der Waals surface area contributed by atoms with Crippen LogP contribution in [0.15, 0.2) is 48.5 Å². The Morgan fingerprint density at radius 3 is 1.15 bits per heavy atom. The Bertz CT molecular complexity index is 546. The molecule has 0 fully saturated rings. The Kier molecular flexibility index (Phi) is 3.27. The Morgan fingerprint density at radius 2 is 0.900 bits per heavy atom. The van der Waals surface area contributed by atoms with E-state index in [9.17, 15) is 0 Å². The molecule has 2 atom stereocenters. The quantitative estimate of drug-likeness (QED) is 0.609. The number of rotatable bonds is 2. The molecule has 0 unspecified atom stereocenters. The summed E-state index contributed by atoms with van der Waals surface area (Å²) in [6.07, 6.45) is 0. The number of hydrogen-bond donors (Lipinski definition) is 0. The molecule has 0 aromatic heterocycles. The van der Waals surface area contributed by atoms with Gasteiger partial charge in [-0.25, -0.2) is 0 Å². The van der Waals surface area contributed by atoms with Gasteiger partial charge in [-0.2, -0.15) is 0 Å². The van der Waals surface area contributed by atoms with Crippen LogP contribution in [-0.4, -0.2) is 10.7 Å². The van der Waals surface area contributed by atoms with Crippen molar-refractivity contribution in [3.63, 3.8) is 0 Å². The maximum atomic E-state index is 3.78. The molecule has 2 aromatic carbocycles. The van der Waals surface area contributed by atoms with Gasteiger partial charge in [0, 0.05) is 22.5 Å². The summed E-state index contributed by atoms with van der Waals surface area (Å²) in [6.45, 7) is 0. The molecule has 2 heteroatoms. The van der Waals surface area contributed by atoms with Crippen molar-refractivity contribution in [2.24, 2.45) is 11.8 Å². The Morgan fingerprint density at radius 1 is 0.600 bits per heavy atom. The minimum Gasteiger partial charge on any atom is -0.0925 e. The predicted molar refractivity (Wildman–Crippen MR) is 91.1 cm³/mol. The van der Waals surface area contributed by atoms with E-state index >= 15 is 0 Å². The molecule has 0 saturated heterocycles. The van der Waals surface area contributed by atoms with Crippen molar-refractivity contribution in [2.45, 2.75) is 11.8 Å². The molecule has 0 radical (unpaired) electrons. The summed E-state index contributed by atoms with van der Waals surface area (Å²) in [5, 5.41) is 2.15. The van der Waals surface area contributed by atoms with E-state index in [1.54, 1.807) is 22.3 Å². The van der Waals surface area contributed by atoms with Crippen molar-refractivity contribution in [2.75, 3.05) is 10.7 Å². The average Bonchev–Trinajstić information content (AvgIpc) is 2.53. The van der Waals surface area contributed by atoms with E-state index in [4.69, 9.17) is 0 Å². The van der Waals surface area contributed by atoms with E-state index in [0.29, 0.717) is 23.7 Å². The van der Waals surface area contributed by atoms with Crippen LogP contribution in [0.1, 0.15) is 34.1 Å². The van der Waals surface area contributed by atoms with Crippen LogP contribution in [0.3, 0.4) is 0 Å². The molecule has 2 aromatic rings. The lowest BCUT2D eigenvalue weighted by atomic mass is 9.55. The third-order valence-electron chi connectivity index (χ3n) is 5.09. The van der Waals surface area contributed by atoms with Crippen LogP contribution in [0.25, 0.3) is 0 Å². The second kappa shape index (κ2) is 4.99. The summed E-state index contributed by atoms with van der Waals surface area (Å²) in [7, 11) is 0. The zero-order chi connectivity index (χ0) is 13.7. The van der Waals surface area contributed by atoms with Gasteiger partial charge in [0.2, 0.25) is 0 Å². The highest BCUT2D eigenvalue weighted by atomic mass is 79.9. The smallest absolute Gasteiger partial charge is 0.0135 e. The first-order valence-electron chi connectivity index (χ1n) is 7.16. The fraction of sp³-hybridized carbons (Fsp3) is 0.333. The molecule has 0 nitrogen and oxygen atoms in total. The minimum atomic E-state index is 0.550. The fourth-order valence-electron chi connectivity index (χ4n) is 4.31. The Balaban J connectivity index is 2.01. The highest BCUT2D eigenvalue weighted by Gasteiger charge is 2.48. The summed E-state index contributed by atoms with van der Waals surface area (Å²) in [6, 6.07) is 18.1. The monoisotopic (exact) mass is 390 g/mol. The highest BCUT2D eigenvalue weighted by molar-refractivity contribution is 9.09. The van der Waals surface area contributed by atoms with Crippen LogP contribution in [0.4, 0.5) is 0 Å². The summed E-state index contributed by atoms with van der Waals surface area (Å²) in [4.78, 5) is 0. The van der Waals surface area contributed by atoms with Crippen LogP contribution < -0.4 is 0 Å². The SMILES string of the molecule is BrC[C@@H]1C2c3ccccc3C(c3ccccc32)[C@H]1CBr. The number of fused-ring (bicyclic) bond motifs is 1. The van der Waals surface area contributed by atoms with Gasteiger partial charge in [-0.1, -0.05) is 80.4 Å². The first kappa shape index (κ1) is 13.1. The highest BCUT2D eigenvalue weighted by Crippen LogP contribution is 2.58. The largest absolute Gasteiger partial charge is 0.0925 e. The van der Waals surface area contributed by atoms with Gasteiger partial charge >= 0.3 is 0 Å². The van der Waals surface area contributed by atoms with Gasteiger partial charge in [0.25, 0.3) is 0 Å². The lowest BCUT2D eigenvalue weighted by Gasteiger charge is -2.50. The molecule has 0 saturated carbocycles. The zero-order valence-electron chi connectivity index (χ0n) is 11.1. The van der Waals surface area contributed by atoms with Crippen LogP contribution in [0, 0.1) is 11.8 Å². The standard InChI is InChI=1S/C18H16Br2/c19-9-15-16(10-20)18-12-6-2-1-5-11(12)17(15)13-7-3-4-8-14(13)18/h1-8,15-18H,9-10H2/t15-,16-,17?,18?/m0/s1. The summed E-state index contributed by atoms with van der Waals surface area (Å²) in [5.74, 6) is 2.47. The van der Waals surface area contributed by atoms with Crippen LogP contribution in [0.2, 0.25) is 0 Å². The first-order chi connectivity index (χ1) is 9.86. The number of benzene rings is 2. The van der Waals surface area contributed by atoms with Crippen molar-refractivity contribution in [3.05, 3.63) is 70.8 Å². The van der Waals surface area contributed by atoms with Gasteiger partial charge in [-0.15, -0.1) is 0 Å². The maximum Gasteiger partial charge on any atom is 0.0135 e. The predicted octanol–water partition coefficient (Wildman–Crippen LogP) is 5.30. The molecule has 0 spiro atoms. The second-order valence-corrected chi connectivity index (χ2v) is 7.14. The minimum absolute atomic E-state index is 0.550. The lowest BCUT2D eigenvalue weighted by Crippen LogP contribution is -2.41. The van der Waals surface area contributed by atoms with E-state index in [-0.39, 0.29) is 0 Å². The molecular formula is C18H16Br2. The number of halogens is 2. The van der Waals surface area contributed by atoms with Crippen molar-refractivity contribution >= 4 is 31.9 Å². The van der Waals surface area contributed by atoms with Crippen molar-refractivity contribution < 1.29 is 0 Å². The second-order valence-electron chi connectivity index (χ2n) is 5.85. The molecule has 3 aliphatic carbocycles. The molecule has 0 heterocycles. The van der Waals surface area contributed by atoms with Gasteiger partial charge in [0.1, 0.15) is 0 Å². The normalized spacial score (nSPS) is 29.9. The molecule has 5 rings (SSSR count). The van der Waals surface area contributed by atoms with Crippen molar-refractivity contribution in [1.29, 1.82) is 0 Å². The Labute approximate surface area is 136 Å². The molecule has 0 aliphatic heterocycles. The summed E-state index contributed by atoms with van der Waals surface area (Å²) < 4.78 is 0. The third-order valence-corrected chi connectivity index (χ3v) is 6.59. The van der Waals surface area contributed by atoms with Gasteiger partial charge in [0.15, 0.2) is 0 Å². The molecule has 0 N–H and O–H groups in total. The van der Waals surface area contributed by atoms with Gasteiger partial charge < -0.3 is 0 Å².